The van der Waals surface area contributed by atoms with Gasteiger partial charge in [-0.05, 0) is 31.5 Å². The molecule has 0 aliphatic rings. The predicted octanol–water partition coefficient (Wildman–Crippen LogP) is 2.43. The first-order chi connectivity index (χ1) is 7.18. The summed E-state index contributed by atoms with van der Waals surface area (Å²) in [5.74, 6) is 1.56. The highest BCUT2D eigenvalue weighted by Crippen LogP contribution is 2.03. The van der Waals surface area contributed by atoms with Gasteiger partial charge >= 0.3 is 0 Å². The van der Waals surface area contributed by atoms with Crippen LogP contribution in [0.15, 0.2) is 22.8 Å². The first kappa shape index (κ1) is 12.3. The van der Waals surface area contributed by atoms with E-state index in [1.807, 2.05) is 12.1 Å². The maximum absolute atomic E-state index is 5.61. The molecule has 1 aromatic heterocycles. The summed E-state index contributed by atoms with van der Waals surface area (Å²) < 4.78 is 10.8. The Labute approximate surface area is 91.8 Å². The topological polar surface area (TPSA) is 34.4 Å². The van der Waals surface area contributed by atoms with E-state index in [1.165, 1.54) is 0 Å². The highest BCUT2D eigenvalue weighted by atomic mass is 16.5. The molecule has 0 bridgehead atoms. The van der Waals surface area contributed by atoms with E-state index in [0.717, 1.165) is 18.8 Å². The molecule has 1 rings (SSSR count). The number of hydrogen-bond donors (Lipinski definition) is 1. The number of ether oxygens (including phenoxy) is 1. The second-order valence-corrected chi connectivity index (χ2v) is 4.25. The van der Waals surface area contributed by atoms with Gasteiger partial charge in [0.1, 0.15) is 12.4 Å². The van der Waals surface area contributed by atoms with E-state index in [4.69, 9.17) is 9.15 Å². The van der Waals surface area contributed by atoms with Gasteiger partial charge in [0, 0.05) is 6.54 Å². The quantitative estimate of drug-likeness (QED) is 0.752. The van der Waals surface area contributed by atoms with Gasteiger partial charge in [0.2, 0.25) is 0 Å². The van der Waals surface area contributed by atoms with E-state index < -0.39 is 0 Å². The minimum atomic E-state index is 0.217. The average molecular weight is 211 g/mol. The average Bonchev–Trinajstić information content (AvgIpc) is 2.66. The second kappa shape index (κ2) is 6.64. The van der Waals surface area contributed by atoms with Crippen molar-refractivity contribution in [3.63, 3.8) is 0 Å². The molecule has 0 saturated carbocycles. The molecule has 0 spiro atoms. The zero-order valence-corrected chi connectivity index (χ0v) is 9.82. The van der Waals surface area contributed by atoms with E-state index in [1.54, 1.807) is 6.26 Å². The van der Waals surface area contributed by atoms with Gasteiger partial charge in [-0.1, -0.05) is 13.8 Å². The summed E-state index contributed by atoms with van der Waals surface area (Å²) in [5, 5.41) is 3.36. The van der Waals surface area contributed by atoms with Gasteiger partial charge in [0.25, 0.3) is 0 Å². The molecule has 0 aromatic carbocycles. The van der Waals surface area contributed by atoms with Crippen LogP contribution in [0.1, 0.15) is 26.5 Å². The SMILES string of the molecule is CC(C)CNCC(C)OCc1ccco1. The van der Waals surface area contributed by atoms with Crippen LogP contribution < -0.4 is 5.32 Å². The summed E-state index contributed by atoms with van der Waals surface area (Å²) in [4.78, 5) is 0. The van der Waals surface area contributed by atoms with Crippen LogP contribution in [0, 0.1) is 5.92 Å². The van der Waals surface area contributed by atoms with E-state index in [-0.39, 0.29) is 6.10 Å². The largest absolute Gasteiger partial charge is 0.467 e. The Balaban J connectivity index is 2.06. The number of hydrogen-bond acceptors (Lipinski definition) is 3. The van der Waals surface area contributed by atoms with E-state index in [0.29, 0.717) is 12.5 Å². The summed E-state index contributed by atoms with van der Waals surface area (Å²) in [5.41, 5.74) is 0. The van der Waals surface area contributed by atoms with Gasteiger partial charge < -0.3 is 14.5 Å². The molecule has 0 fully saturated rings. The summed E-state index contributed by atoms with van der Waals surface area (Å²) in [7, 11) is 0. The summed E-state index contributed by atoms with van der Waals surface area (Å²) in [6, 6.07) is 3.80. The number of rotatable bonds is 7. The minimum Gasteiger partial charge on any atom is -0.467 e. The van der Waals surface area contributed by atoms with Crippen molar-refractivity contribution in [1.82, 2.24) is 5.32 Å². The zero-order chi connectivity index (χ0) is 11.1. The van der Waals surface area contributed by atoms with Gasteiger partial charge in [-0.15, -0.1) is 0 Å². The molecule has 0 amide bonds. The Hall–Kier alpha value is -0.800. The van der Waals surface area contributed by atoms with Crippen LogP contribution in [-0.4, -0.2) is 19.2 Å². The van der Waals surface area contributed by atoms with Gasteiger partial charge in [-0.3, -0.25) is 0 Å². The van der Waals surface area contributed by atoms with Crippen molar-refractivity contribution >= 4 is 0 Å². The fraction of sp³-hybridized carbons (Fsp3) is 0.667. The molecule has 1 unspecified atom stereocenters. The molecule has 1 N–H and O–H groups in total. The molecule has 3 heteroatoms. The van der Waals surface area contributed by atoms with Crippen molar-refractivity contribution in [2.45, 2.75) is 33.5 Å². The molecule has 0 saturated heterocycles. The van der Waals surface area contributed by atoms with Crippen molar-refractivity contribution < 1.29 is 9.15 Å². The lowest BCUT2D eigenvalue weighted by Crippen LogP contribution is -2.29. The fourth-order valence-corrected chi connectivity index (χ4v) is 1.25. The fourth-order valence-electron chi connectivity index (χ4n) is 1.25. The molecule has 1 heterocycles. The van der Waals surface area contributed by atoms with Crippen molar-refractivity contribution in [3.05, 3.63) is 24.2 Å². The zero-order valence-electron chi connectivity index (χ0n) is 9.82. The van der Waals surface area contributed by atoms with Gasteiger partial charge in [-0.2, -0.15) is 0 Å². The molecule has 3 nitrogen and oxygen atoms in total. The third-order valence-corrected chi connectivity index (χ3v) is 2.07. The first-order valence-electron chi connectivity index (χ1n) is 5.53. The Kier molecular flexibility index (Phi) is 5.43. The van der Waals surface area contributed by atoms with Gasteiger partial charge in [0.15, 0.2) is 0 Å². The van der Waals surface area contributed by atoms with Crippen molar-refractivity contribution in [2.24, 2.45) is 5.92 Å². The molecule has 86 valence electrons. The Bertz CT molecular complexity index is 244. The monoisotopic (exact) mass is 211 g/mol. The van der Waals surface area contributed by atoms with Crippen molar-refractivity contribution in [1.29, 1.82) is 0 Å². The lowest BCUT2D eigenvalue weighted by Gasteiger charge is -2.14. The summed E-state index contributed by atoms with van der Waals surface area (Å²) in [6.45, 7) is 8.93. The van der Waals surface area contributed by atoms with Crippen LogP contribution in [0.5, 0.6) is 0 Å². The Morgan fingerprint density at radius 3 is 2.73 bits per heavy atom. The van der Waals surface area contributed by atoms with Crippen LogP contribution in [0.4, 0.5) is 0 Å². The molecule has 1 aromatic rings. The highest BCUT2D eigenvalue weighted by molar-refractivity contribution is 4.96. The van der Waals surface area contributed by atoms with Crippen molar-refractivity contribution in [3.8, 4) is 0 Å². The maximum atomic E-state index is 5.61. The van der Waals surface area contributed by atoms with Gasteiger partial charge in [0.05, 0.1) is 12.4 Å². The third kappa shape index (κ3) is 5.60. The lowest BCUT2D eigenvalue weighted by atomic mass is 10.2. The highest BCUT2D eigenvalue weighted by Gasteiger charge is 2.03. The molecular weight excluding hydrogens is 190 g/mol. The maximum Gasteiger partial charge on any atom is 0.129 e. The van der Waals surface area contributed by atoms with Gasteiger partial charge in [-0.25, -0.2) is 0 Å². The molecule has 0 aliphatic heterocycles. The van der Waals surface area contributed by atoms with Crippen molar-refractivity contribution in [2.75, 3.05) is 13.1 Å². The second-order valence-electron chi connectivity index (χ2n) is 4.25. The smallest absolute Gasteiger partial charge is 0.129 e. The van der Waals surface area contributed by atoms with Crippen LogP contribution in [0.2, 0.25) is 0 Å². The van der Waals surface area contributed by atoms with E-state index in [9.17, 15) is 0 Å². The van der Waals surface area contributed by atoms with E-state index >= 15 is 0 Å². The molecule has 1 atom stereocenters. The molecule has 0 radical (unpaired) electrons. The molecule has 15 heavy (non-hydrogen) atoms. The van der Waals surface area contributed by atoms with E-state index in [2.05, 4.69) is 26.1 Å². The summed E-state index contributed by atoms with van der Waals surface area (Å²) >= 11 is 0. The van der Waals surface area contributed by atoms with Crippen LogP contribution in [0.25, 0.3) is 0 Å². The third-order valence-electron chi connectivity index (χ3n) is 2.07. The normalized spacial score (nSPS) is 13.3. The number of furan rings is 1. The first-order valence-corrected chi connectivity index (χ1v) is 5.53. The lowest BCUT2D eigenvalue weighted by molar-refractivity contribution is 0.0427. The minimum absolute atomic E-state index is 0.217. The molecule has 0 aliphatic carbocycles. The molecular formula is C12H21NO2. The predicted molar refractivity (Wildman–Crippen MR) is 60.7 cm³/mol. The van der Waals surface area contributed by atoms with Crippen LogP contribution >= 0.6 is 0 Å². The Morgan fingerprint density at radius 1 is 1.33 bits per heavy atom. The van der Waals surface area contributed by atoms with Crippen LogP contribution in [0.3, 0.4) is 0 Å². The van der Waals surface area contributed by atoms with Crippen LogP contribution in [-0.2, 0) is 11.3 Å². The Morgan fingerprint density at radius 2 is 2.13 bits per heavy atom. The number of nitrogens with one attached hydrogen (secondary N) is 1. The standard InChI is InChI=1S/C12H21NO2/c1-10(2)7-13-8-11(3)15-9-12-5-4-6-14-12/h4-6,10-11,13H,7-9H2,1-3H3. The summed E-state index contributed by atoms with van der Waals surface area (Å²) in [6.07, 6.45) is 1.88.